The summed E-state index contributed by atoms with van der Waals surface area (Å²) in [4.78, 5) is 11.2. The van der Waals surface area contributed by atoms with E-state index < -0.39 is 55.6 Å². The standard InChI is InChI=1S/C35H58O10/c1-18(17-43-20(3)37)7-6-8-19(2)35(5)15-25(39)28-23(35)9-10-24-29(28)26(14-21-13-22(38)11-12-34(21,24)4)44-33-32(42)31(41)30(40)27(16-36)45-33/h14,18-19,22-33,36,38-42H,6-13,15-17H2,1-5H3. The van der Waals surface area contributed by atoms with Gasteiger partial charge in [0.15, 0.2) is 6.29 Å². The molecule has 1 aliphatic heterocycles. The van der Waals surface area contributed by atoms with Crippen LogP contribution in [0.25, 0.3) is 0 Å². The number of ether oxygens (including phenoxy) is 3. The number of hydrogen-bond acceptors (Lipinski definition) is 10. The Hall–Kier alpha value is -1.11. The van der Waals surface area contributed by atoms with Gasteiger partial charge in [-0.3, -0.25) is 4.79 Å². The van der Waals surface area contributed by atoms with Crippen LogP contribution in [0.2, 0.25) is 0 Å². The first-order valence-electron chi connectivity index (χ1n) is 17.4. The lowest BCUT2D eigenvalue weighted by molar-refractivity contribution is -0.316. The van der Waals surface area contributed by atoms with Gasteiger partial charge in [0.25, 0.3) is 0 Å². The summed E-state index contributed by atoms with van der Waals surface area (Å²) in [5.74, 6) is 0.806. The van der Waals surface area contributed by atoms with Crippen molar-refractivity contribution >= 4 is 5.97 Å². The monoisotopic (exact) mass is 638 g/mol. The van der Waals surface area contributed by atoms with Crippen molar-refractivity contribution in [2.75, 3.05) is 13.2 Å². The largest absolute Gasteiger partial charge is 0.466 e. The van der Waals surface area contributed by atoms with Crippen molar-refractivity contribution in [2.45, 2.75) is 141 Å². The van der Waals surface area contributed by atoms with Crippen LogP contribution in [0.1, 0.15) is 92.4 Å². The summed E-state index contributed by atoms with van der Waals surface area (Å²) in [5.41, 5.74) is 0.934. The Morgan fingerprint density at radius 1 is 1.00 bits per heavy atom. The molecule has 6 N–H and O–H groups in total. The predicted octanol–water partition coefficient (Wildman–Crippen LogP) is 2.70. The minimum Gasteiger partial charge on any atom is -0.466 e. The first-order valence-corrected chi connectivity index (χ1v) is 17.4. The van der Waals surface area contributed by atoms with Crippen molar-refractivity contribution in [3.05, 3.63) is 11.6 Å². The highest BCUT2D eigenvalue weighted by atomic mass is 16.7. The molecule has 16 unspecified atom stereocenters. The van der Waals surface area contributed by atoms with Crippen LogP contribution >= 0.6 is 0 Å². The van der Waals surface area contributed by atoms with Crippen LogP contribution < -0.4 is 0 Å². The van der Waals surface area contributed by atoms with Crippen molar-refractivity contribution < 1.29 is 49.6 Å². The van der Waals surface area contributed by atoms with Crippen LogP contribution in [0.15, 0.2) is 11.6 Å². The van der Waals surface area contributed by atoms with E-state index in [1.807, 2.05) is 0 Å². The average Bonchev–Trinajstić information content (AvgIpc) is 3.27. The fourth-order valence-corrected chi connectivity index (χ4v) is 10.2. The first kappa shape index (κ1) is 35.2. The molecular weight excluding hydrogens is 580 g/mol. The van der Waals surface area contributed by atoms with Gasteiger partial charge >= 0.3 is 5.97 Å². The Morgan fingerprint density at radius 2 is 1.71 bits per heavy atom. The lowest BCUT2D eigenvalue weighted by atomic mass is 9.48. The topological polar surface area (TPSA) is 166 Å². The van der Waals surface area contributed by atoms with Crippen molar-refractivity contribution in [1.29, 1.82) is 0 Å². The number of aliphatic hydroxyl groups excluding tert-OH is 6. The van der Waals surface area contributed by atoms with E-state index in [1.54, 1.807) is 0 Å². The summed E-state index contributed by atoms with van der Waals surface area (Å²) in [7, 11) is 0. The molecule has 4 aliphatic carbocycles. The van der Waals surface area contributed by atoms with Crippen LogP contribution in [0.5, 0.6) is 0 Å². The number of rotatable bonds is 10. The minimum atomic E-state index is -1.54. The second kappa shape index (κ2) is 13.8. The van der Waals surface area contributed by atoms with Crippen LogP contribution in [-0.2, 0) is 19.0 Å². The van der Waals surface area contributed by atoms with Gasteiger partial charge in [-0.2, -0.15) is 0 Å². The number of hydrogen-bond donors (Lipinski definition) is 6. The molecule has 0 amide bonds. The van der Waals surface area contributed by atoms with E-state index in [1.165, 1.54) is 6.92 Å². The molecule has 0 aromatic rings. The number of aliphatic hydroxyl groups is 6. The molecule has 0 aromatic carbocycles. The molecule has 0 aromatic heterocycles. The van der Waals surface area contributed by atoms with Gasteiger partial charge < -0.3 is 44.8 Å². The molecule has 258 valence electrons. The zero-order chi connectivity index (χ0) is 32.8. The maximum Gasteiger partial charge on any atom is 0.302 e. The highest BCUT2D eigenvalue weighted by Crippen LogP contribution is 2.66. The fraction of sp³-hybridized carbons (Fsp3) is 0.914. The van der Waals surface area contributed by atoms with Gasteiger partial charge in [-0.15, -0.1) is 0 Å². The van der Waals surface area contributed by atoms with Crippen LogP contribution in [0.3, 0.4) is 0 Å². The molecule has 0 bridgehead atoms. The second-order valence-electron chi connectivity index (χ2n) is 15.8. The zero-order valence-corrected chi connectivity index (χ0v) is 27.8. The van der Waals surface area contributed by atoms with E-state index >= 15 is 0 Å². The molecule has 1 saturated heterocycles. The Kier molecular flexibility index (Phi) is 10.8. The molecule has 0 spiro atoms. The lowest BCUT2D eigenvalue weighted by Gasteiger charge is -2.58. The normalized spacial score (nSPS) is 47.6. The SMILES string of the molecule is CC(=O)OCC(C)CCCC(C)C1(C)CC(O)C2C3C(OC4OC(CO)C(O)C(O)C4O)C=C4CC(O)CCC4(C)C3CCC21. The van der Waals surface area contributed by atoms with Crippen LogP contribution in [-0.4, -0.2) is 98.8 Å². The molecule has 4 fully saturated rings. The van der Waals surface area contributed by atoms with Crippen LogP contribution in [0.4, 0.5) is 0 Å². The smallest absolute Gasteiger partial charge is 0.302 e. The number of carbonyl (C=O) groups is 1. The van der Waals surface area contributed by atoms with E-state index in [9.17, 15) is 35.4 Å². The molecule has 0 radical (unpaired) electrons. The van der Waals surface area contributed by atoms with Gasteiger partial charge in [-0.25, -0.2) is 0 Å². The van der Waals surface area contributed by atoms with Gasteiger partial charge in [0, 0.05) is 6.92 Å². The molecule has 1 heterocycles. The minimum absolute atomic E-state index is 0.0320. The fourth-order valence-electron chi connectivity index (χ4n) is 10.2. The maximum absolute atomic E-state index is 11.9. The van der Waals surface area contributed by atoms with Gasteiger partial charge in [-0.1, -0.05) is 52.2 Å². The summed E-state index contributed by atoms with van der Waals surface area (Å²) in [6.45, 7) is 10.4. The highest BCUT2D eigenvalue weighted by molar-refractivity contribution is 5.65. The van der Waals surface area contributed by atoms with Gasteiger partial charge in [0.1, 0.15) is 24.4 Å². The lowest BCUT2D eigenvalue weighted by Crippen LogP contribution is -2.61. The van der Waals surface area contributed by atoms with E-state index in [0.29, 0.717) is 31.3 Å². The van der Waals surface area contributed by atoms with E-state index in [2.05, 4.69) is 33.8 Å². The van der Waals surface area contributed by atoms with E-state index in [4.69, 9.17) is 14.2 Å². The Labute approximate surface area is 268 Å². The number of fused-ring (bicyclic) bond motifs is 5. The number of carbonyl (C=O) groups excluding carboxylic acids is 1. The summed E-state index contributed by atoms with van der Waals surface area (Å²) in [5, 5.41) is 64.0. The van der Waals surface area contributed by atoms with Gasteiger partial charge in [-0.05, 0) is 91.3 Å². The summed E-state index contributed by atoms with van der Waals surface area (Å²) in [6, 6.07) is 0. The maximum atomic E-state index is 11.9. The highest BCUT2D eigenvalue weighted by Gasteiger charge is 2.63. The molecule has 3 saturated carbocycles. The van der Waals surface area contributed by atoms with Crippen molar-refractivity contribution in [3.8, 4) is 0 Å². The first-order chi connectivity index (χ1) is 21.2. The van der Waals surface area contributed by atoms with Crippen molar-refractivity contribution in [2.24, 2.45) is 46.3 Å². The summed E-state index contributed by atoms with van der Waals surface area (Å²) >= 11 is 0. The molecule has 10 heteroatoms. The Morgan fingerprint density at radius 3 is 2.40 bits per heavy atom. The van der Waals surface area contributed by atoms with Gasteiger partial charge in [0.05, 0.1) is 31.5 Å². The molecule has 16 atom stereocenters. The quantitative estimate of drug-likeness (QED) is 0.155. The van der Waals surface area contributed by atoms with Crippen molar-refractivity contribution in [3.63, 3.8) is 0 Å². The van der Waals surface area contributed by atoms with Crippen molar-refractivity contribution in [1.82, 2.24) is 0 Å². The summed E-state index contributed by atoms with van der Waals surface area (Å²) < 4.78 is 17.6. The third kappa shape index (κ3) is 6.64. The van der Waals surface area contributed by atoms with E-state index in [0.717, 1.165) is 50.5 Å². The zero-order valence-electron chi connectivity index (χ0n) is 27.8. The second-order valence-corrected chi connectivity index (χ2v) is 15.8. The third-order valence-corrected chi connectivity index (χ3v) is 13.0. The van der Waals surface area contributed by atoms with Gasteiger partial charge in [0.2, 0.25) is 0 Å². The van der Waals surface area contributed by atoms with Crippen LogP contribution in [0, 0.1) is 46.3 Å². The average molecular weight is 639 g/mol. The number of esters is 1. The Bertz CT molecular complexity index is 1070. The van der Waals surface area contributed by atoms with E-state index in [-0.39, 0.29) is 40.5 Å². The molecule has 5 rings (SSSR count). The molecule has 45 heavy (non-hydrogen) atoms. The third-order valence-electron chi connectivity index (χ3n) is 13.0. The molecule has 10 nitrogen and oxygen atoms in total. The predicted molar refractivity (Wildman–Crippen MR) is 165 cm³/mol. The molecule has 5 aliphatic rings. The summed E-state index contributed by atoms with van der Waals surface area (Å²) in [6.07, 6.45) is 1.60. The Balaban J connectivity index is 1.39. The molecular formula is C35H58O10.